The number of rotatable bonds is 8. The molecular weight excluding hydrogens is 524 g/mol. The van der Waals surface area contributed by atoms with E-state index in [2.05, 4.69) is 26.4 Å². The van der Waals surface area contributed by atoms with Gasteiger partial charge in [0.2, 0.25) is 0 Å². The third-order valence-corrected chi connectivity index (χ3v) is 9.69. The molecule has 2 unspecified atom stereocenters. The first kappa shape index (κ1) is 27.2. The SMILES string of the molecule is C=CC1=C(N=CC)CC2(CCN(c3ncc(Sc4ccnc5c4OCC4CC(COC)CN54)nc3CO)CC2)C1. The highest BCUT2D eigenvalue weighted by atomic mass is 32.2. The molecule has 5 heterocycles. The number of aliphatic hydroxyl groups excluding tert-OH is 1. The number of aliphatic imine (C=N–C) groups is 1. The Morgan fingerprint density at radius 1 is 1.27 bits per heavy atom. The number of ether oxygens (including phenoxy) is 2. The zero-order chi connectivity index (χ0) is 27.7. The molecule has 40 heavy (non-hydrogen) atoms. The Morgan fingerprint density at radius 2 is 2.12 bits per heavy atom. The molecule has 6 rings (SSSR count). The van der Waals surface area contributed by atoms with Crippen molar-refractivity contribution in [3.8, 4) is 5.75 Å². The number of hydrogen-bond acceptors (Lipinski definition) is 10. The highest BCUT2D eigenvalue weighted by molar-refractivity contribution is 7.99. The molecule has 0 aromatic carbocycles. The van der Waals surface area contributed by atoms with E-state index < -0.39 is 0 Å². The monoisotopic (exact) mass is 562 g/mol. The van der Waals surface area contributed by atoms with Gasteiger partial charge in [0.1, 0.15) is 17.3 Å². The molecule has 0 saturated carbocycles. The van der Waals surface area contributed by atoms with E-state index in [1.807, 2.05) is 37.7 Å². The van der Waals surface area contributed by atoms with E-state index in [1.165, 1.54) is 23.0 Å². The second-order valence-corrected chi connectivity index (χ2v) is 12.3. The zero-order valence-electron chi connectivity index (χ0n) is 23.4. The lowest BCUT2D eigenvalue weighted by atomic mass is 9.75. The van der Waals surface area contributed by atoms with Crippen LogP contribution in [0.4, 0.5) is 11.6 Å². The molecule has 1 spiro atoms. The molecule has 1 N–H and O–H groups in total. The summed E-state index contributed by atoms with van der Waals surface area (Å²) in [5.74, 6) is 2.96. The summed E-state index contributed by atoms with van der Waals surface area (Å²) in [5.41, 5.74) is 3.31. The number of aliphatic hydroxyl groups is 1. The van der Waals surface area contributed by atoms with Crippen LogP contribution in [0.15, 0.2) is 57.3 Å². The Balaban J connectivity index is 1.15. The Kier molecular flexibility index (Phi) is 7.83. The zero-order valence-corrected chi connectivity index (χ0v) is 24.2. The first-order chi connectivity index (χ1) is 19.6. The molecule has 2 atom stereocenters. The van der Waals surface area contributed by atoms with Crippen molar-refractivity contribution in [3.63, 3.8) is 0 Å². The minimum Gasteiger partial charge on any atom is -0.486 e. The van der Waals surface area contributed by atoms with Crippen molar-refractivity contribution in [2.45, 2.75) is 61.6 Å². The average Bonchev–Trinajstić information content (AvgIpc) is 3.55. The van der Waals surface area contributed by atoms with Crippen LogP contribution in [0.1, 0.15) is 44.7 Å². The maximum absolute atomic E-state index is 10.2. The van der Waals surface area contributed by atoms with Crippen molar-refractivity contribution in [3.05, 3.63) is 48.1 Å². The van der Waals surface area contributed by atoms with Crippen LogP contribution < -0.4 is 14.5 Å². The second kappa shape index (κ2) is 11.5. The van der Waals surface area contributed by atoms with Gasteiger partial charge in [-0.25, -0.2) is 15.0 Å². The standard InChI is InChI=1S/C30H38N6O3S/c1-4-21-13-30(14-23(21)31-5-2)7-10-35(11-8-30)28-24(17-37)34-26(15-33-28)40-25-6-9-32-29-27(25)39-19-22-12-20(18-38-3)16-36(22)29/h4-6,9,15,20,22,37H,1,7-8,10-14,16-19H2,2-3H3. The Hall–Kier alpha value is -2.95. The summed E-state index contributed by atoms with van der Waals surface area (Å²) < 4.78 is 11.6. The van der Waals surface area contributed by atoms with Gasteiger partial charge >= 0.3 is 0 Å². The van der Waals surface area contributed by atoms with Gasteiger partial charge in [0, 0.05) is 50.8 Å². The van der Waals surface area contributed by atoms with E-state index in [0.717, 1.165) is 85.7 Å². The summed E-state index contributed by atoms with van der Waals surface area (Å²) in [5, 5.41) is 11.0. The van der Waals surface area contributed by atoms with Crippen molar-refractivity contribution < 1.29 is 14.6 Å². The highest BCUT2D eigenvalue weighted by Crippen LogP contribution is 2.50. The molecule has 9 nitrogen and oxygen atoms in total. The fraction of sp³-hybridized carbons (Fsp3) is 0.533. The number of allylic oxidation sites excluding steroid dienone is 3. The van der Waals surface area contributed by atoms with Crippen LogP contribution >= 0.6 is 11.8 Å². The molecule has 0 amide bonds. The number of piperidine rings is 1. The molecular formula is C30H38N6O3S. The first-order valence-electron chi connectivity index (χ1n) is 14.2. The molecule has 2 saturated heterocycles. The predicted molar refractivity (Wildman–Crippen MR) is 157 cm³/mol. The summed E-state index contributed by atoms with van der Waals surface area (Å²) >= 11 is 1.51. The van der Waals surface area contributed by atoms with Crippen LogP contribution in [0.2, 0.25) is 0 Å². The van der Waals surface area contributed by atoms with Crippen molar-refractivity contribution in [1.29, 1.82) is 0 Å². The van der Waals surface area contributed by atoms with Gasteiger partial charge in [0.05, 0.1) is 30.3 Å². The quantitative estimate of drug-likeness (QED) is 0.461. The lowest BCUT2D eigenvalue weighted by Gasteiger charge is -2.40. The molecule has 212 valence electrons. The van der Waals surface area contributed by atoms with Gasteiger partial charge in [-0.3, -0.25) is 4.99 Å². The third kappa shape index (κ3) is 5.12. The van der Waals surface area contributed by atoms with Crippen LogP contribution in [0.25, 0.3) is 0 Å². The molecule has 2 aromatic heterocycles. The molecule has 2 fully saturated rings. The van der Waals surface area contributed by atoms with Crippen LogP contribution in [-0.4, -0.2) is 72.3 Å². The van der Waals surface area contributed by atoms with Gasteiger partial charge < -0.3 is 24.4 Å². The number of aromatic nitrogens is 3. The largest absolute Gasteiger partial charge is 0.486 e. The van der Waals surface area contributed by atoms with Gasteiger partial charge in [-0.05, 0) is 56.1 Å². The van der Waals surface area contributed by atoms with Crippen LogP contribution in [0.3, 0.4) is 0 Å². The molecule has 2 aromatic rings. The number of methoxy groups -OCH3 is 1. The summed E-state index contributed by atoms with van der Waals surface area (Å²) in [6.07, 6.45) is 12.7. The molecule has 0 bridgehead atoms. The lowest BCUT2D eigenvalue weighted by Crippen LogP contribution is -2.40. The van der Waals surface area contributed by atoms with Gasteiger partial charge in [-0.15, -0.1) is 0 Å². The molecule has 10 heteroatoms. The molecule has 0 radical (unpaired) electrons. The maximum Gasteiger partial charge on any atom is 0.175 e. The number of fused-ring (bicyclic) bond motifs is 3. The van der Waals surface area contributed by atoms with Gasteiger partial charge in [-0.2, -0.15) is 0 Å². The molecule has 1 aliphatic carbocycles. The van der Waals surface area contributed by atoms with Gasteiger partial charge in [0.15, 0.2) is 17.4 Å². The molecule has 3 aliphatic heterocycles. The van der Waals surface area contributed by atoms with Crippen LogP contribution in [-0.2, 0) is 11.3 Å². The summed E-state index contributed by atoms with van der Waals surface area (Å²) in [4.78, 5) is 24.5. The number of hydrogen-bond donors (Lipinski definition) is 1. The fourth-order valence-corrected chi connectivity index (χ4v) is 7.66. The van der Waals surface area contributed by atoms with Crippen molar-refractivity contribution in [1.82, 2.24) is 15.0 Å². The molecule has 4 aliphatic rings. The Labute approximate surface area is 240 Å². The highest BCUT2D eigenvalue weighted by Gasteiger charge is 2.41. The normalized spacial score (nSPS) is 23.6. The van der Waals surface area contributed by atoms with Crippen molar-refractivity contribution in [2.75, 3.05) is 49.8 Å². The number of pyridine rings is 1. The van der Waals surface area contributed by atoms with Crippen molar-refractivity contribution >= 4 is 29.6 Å². The minimum atomic E-state index is -0.156. The summed E-state index contributed by atoms with van der Waals surface area (Å²) in [6.45, 7) is 9.92. The topological polar surface area (TPSA) is 96.2 Å². The van der Waals surface area contributed by atoms with E-state index in [9.17, 15) is 5.11 Å². The number of nitrogens with zero attached hydrogens (tertiary/aromatic N) is 6. The van der Waals surface area contributed by atoms with E-state index in [0.29, 0.717) is 24.3 Å². The Morgan fingerprint density at radius 3 is 2.88 bits per heavy atom. The van der Waals surface area contributed by atoms with E-state index >= 15 is 0 Å². The Bertz CT molecular complexity index is 1320. The van der Waals surface area contributed by atoms with Crippen molar-refractivity contribution in [2.24, 2.45) is 16.3 Å². The number of anilines is 2. The van der Waals surface area contributed by atoms with Crippen LogP contribution in [0, 0.1) is 11.3 Å². The van der Waals surface area contributed by atoms with Crippen LogP contribution in [0.5, 0.6) is 5.75 Å². The van der Waals surface area contributed by atoms with Gasteiger partial charge in [0.25, 0.3) is 0 Å². The first-order valence-corrected chi connectivity index (χ1v) is 15.0. The summed E-state index contributed by atoms with van der Waals surface area (Å²) in [7, 11) is 1.76. The second-order valence-electron chi connectivity index (χ2n) is 11.3. The maximum atomic E-state index is 10.2. The predicted octanol–water partition coefficient (Wildman–Crippen LogP) is 4.66. The smallest absolute Gasteiger partial charge is 0.175 e. The van der Waals surface area contributed by atoms with Gasteiger partial charge in [-0.1, -0.05) is 24.4 Å². The van der Waals surface area contributed by atoms with E-state index in [-0.39, 0.29) is 12.0 Å². The third-order valence-electron chi connectivity index (χ3n) is 8.74. The lowest BCUT2D eigenvalue weighted by molar-refractivity contribution is 0.157. The van der Waals surface area contributed by atoms with E-state index in [1.54, 1.807) is 7.11 Å². The average molecular weight is 563 g/mol. The minimum absolute atomic E-state index is 0.156. The van der Waals surface area contributed by atoms with E-state index in [4.69, 9.17) is 19.4 Å². The fourth-order valence-electron chi connectivity index (χ4n) is 6.80. The summed E-state index contributed by atoms with van der Waals surface area (Å²) in [6, 6.07) is 2.30.